The average Bonchev–Trinajstić information content (AvgIpc) is 3.29. The lowest BCUT2D eigenvalue weighted by Crippen LogP contribution is -2.27. The van der Waals surface area contributed by atoms with Gasteiger partial charge in [-0.1, -0.05) is 6.92 Å². The Hall–Kier alpha value is -0.610. The van der Waals surface area contributed by atoms with Gasteiger partial charge in [0.25, 0.3) is 0 Å². The van der Waals surface area contributed by atoms with E-state index in [0.717, 1.165) is 24.9 Å². The fourth-order valence-corrected chi connectivity index (χ4v) is 3.13. The summed E-state index contributed by atoms with van der Waals surface area (Å²) >= 11 is 1.87. The van der Waals surface area contributed by atoms with Crippen molar-refractivity contribution >= 4 is 16.5 Å². The highest BCUT2D eigenvalue weighted by Gasteiger charge is 2.30. The van der Waals surface area contributed by atoms with Crippen LogP contribution in [-0.4, -0.2) is 24.6 Å². The van der Waals surface area contributed by atoms with E-state index in [1.54, 1.807) is 0 Å². The van der Waals surface area contributed by atoms with Crippen molar-refractivity contribution in [2.45, 2.75) is 39.2 Å². The summed E-state index contributed by atoms with van der Waals surface area (Å²) in [4.78, 5) is 8.55. The molecule has 2 aliphatic carbocycles. The van der Waals surface area contributed by atoms with Crippen molar-refractivity contribution in [2.75, 3.05) is 24.5 Å². The summed E-state index contributed by atoms with van der Waals surface area (Å²) in [5, 5.41) is 4.63. The molecule has 18 heavy (non-hydrogen) atoms. The lowest BCUT2D eigenvalue weighted by atomic mass is 10.3. The SMILES string of the molecule is CCNCc1cnc(N(CC2CC2)CC2CC2)s1. The first-order valence-corrected chi connectivity index (χ1v) is 8.07. The lowest BCUT2D eigenvalue weighted by Gasteiger charge is -2.21. The molecule has 0 aliphatic heterocycles. The second-order valence-corrected chi connectivity index (χ2v) is 6.77. The third kappa shape index (κ3) is 3.45. The van der Waals surface area contributed by atoms with Gasteiger partial charge in [-0.15, -0.1) is 11.3 Å². The van der Waals surface area contributed by atoms with Gasteiger partial charge in [0.05, 0.1) is 0 Å². The predicted octanol–water partition coefficient (Wildman–Crippen LogP) is 2.88. The van der Waals surface area contributed by atoms with E-state index >= 15 is 0 Å². The van der Waals surface area contributed by atoms with Crippen LogP contribution in [-0.2, 0) is 6.54 Å². The van der Waals surface area contributed by atoms with E-state index in [-0.39, 0.29) is 0 Å². The normalized spacial score (nSPS) is 19.2. The van der Waals surface area contributed by atoms with Gasteiger partial charge < -0.3 is 10.2 Å². The molecule has 0 aromatic carbocycles. The Balaban J connectivity index is 1.61. The highest BCUT2D eigenvalue weighted by molar-refractivity contribution is 7.15. The van der Waals surface area contributed by atoms with Crippen LogP contribution in [0, 0.1) is 11.8 Å². The fraction of sp³-hybridized carbons (Fsp3) is 0.786. The van der Waals surface area contributed by atoms with Crippen molar-refractivity contribution in [2.24, 2.45) is 11.8 Å². The summed E-state index contributed by atoms with van der Waals surface area (Å²) < 4.78 is 0. The zero-order valence-electron chi connectivity index (χ0n) is 11.2. The van der Waals surface area contributed by atoms with Crippen molar-refractivity contribution in [3.63, 3.8) is 0 Å². The second-order valence-electron chi connectivity index (χ2n) is 5.68. The van der Waals surface area contributed by atoms with Gasteiger partial charge in [-0.3, -0.25) is 0 Å². The van der Waals surface area contributed by atoms with E-state index in [9.17, 15) is 0 Å². The van der Waals surface area contributed by atoms with Crippen LogP contribution in [0.4, 0.5) is 5.13 Å². The van der Waals surface area contributed by atoms with Crippen LogP contribution >= 0.6 is 11.3 Å². The van der Waals surface area contributed by atoms with Crippen LogP contribution in [0.2, 0.25) is 0 Å². The second kappa shape index (κ2) is 5.57. The highest BCUT2D eigenvalue weighted by atomic mass is 32.1. The van der Waals surface area contributed by atoms with E-state index < -0.39 is 0 Å². The van der Waals surface area contributed by atoms with Gasteiger partial charge in [0.2, 0.25) is 0 Å². The number of anilines is 1. The number of hydrogen-bond donors (Lipinski definition) is 1. The molecule has 3 nitrogen and oxygen atoms in total. The molecule has 0 unspecified atom stereocenters. The van der Waals surface area contributed by atoms with E-state index in [4.69, 9.17) is 0 Å². The Morgan fingerprint density at radius 2 is 1.94 bits per heavy atom. The number of aromatic nitrogens is 1. The van der Waals surface area contributed by atoms with E-state index in [1.165, 1.54) is 48.8 Å². The minimum atomic E-state index is 0.949. The number of nitrogens with zero attached hydrogens (tertiary/aromatic N) is 2. The maximum atomic E-state index is 4.64. The molecule has 3 rings (SSSR count). The molecule has 0 radical (unpaired) electrons. The van der Waals surface area contributed by atoms with Crippen LogP contribution in [0.3, 0.4) is 0 Å². The summed E-state index contributed by atoms with van der Waals surface area (Å²) in [5.41, 5.74) is 0. The van der Waals surface area contributed by atoms with Gasteiger partial charge in [0.1, 0.15) is 0 Å². The third-order valence-corrected chi connectivity index (χ3v) is 4.77. The Kier molecular flexibility index (Phi) is 3.85. The molecule has 1 aromatic heterocycles. The van der Waals surface area contributed by atoms with Crippen LogP contribution in [0.1, 0.15) is 37.5 Å². The first kappa shape index (κ1) is 12.4. The molecule has 1 aromatic rings. The summed E-state index contributed by atoms with van der Waals surface area (Å²) in [5.74, 6) is 1.90. The molecular weight excluding hydrogens is 242 g/mol. The van der Waals surface area contributed by atoms with Crippen LogP contribution in [0.15, 0.2) is 6.20 Å². The van der Waals surface area contributed by atoms with Crippen molar-refractivity contribution < 1.29 is 0 Å². The van der Waals surface area contributed by atoms with E-state index in [0.29, 0.717) is 0 Å². The van der Waals surface area contributed by atoms with Crippen molar-refractivity contribution in [1.82, 2.24) is 10.3 Å². The predicted molar refractivity (Wildman–Crippen MR) is 77.2 cm³/mol. The highest BCUT2D eigenvalue weighted by Crippen LogP contribution is 2.36. The molecule has 1 heterocycles. The first-order valence-electron chi connectivity index (χ1n) is 7.25. The largest absolute Gasteiger partial charge is 0.348 e. The summed E-state index contributed by atoms with van der Waals surface area (Å²) in [6.07, 6.45) is 7.76. The van der Waals surface area contributed by atoms with Gasteiger partial charge in [-0.25, -0.2) is 4.98 Å². The van der Waals surface area contributed by atoms with Crippen molar-refractivity contribution in [1.29, 1.82) is 0 Å². The van der Waals surface area contributed by atoms with Gasteiger partial charge in [0, 0.05) is 30.7 Å². The van der Waals surface area contributed by atoms with E-state index in [1.807, 2.05) is 11.3 Å². The van der Waals surface area contributed by atoms with Gasteiger partial charge in [-0.05, 0) is 44.1 Å². The topological polar surface area (TPSA) is 28.2 Å². The van der Waals surface area contributed by atoms with Crippen LogP contribution in [0.25, 0.3) is 0 Å². The molecule has 2 saturated carbocycles. The molecule has 4 heteroatoms. The molecule has 2 fully saturated rings. The minimum absolute atomic E-state index is 0.949. The first-order chi connectivity index (χ1) is 8.85. The molecule has 1 N–H and O–H groups in total. The molecule has 0 spiro atoms. The summed E-state index contributed by atoms with van der Waals surface area (Å²) in [7, 11) is 0. The maximum absolute atomic E-state index is 4.64. The van der Waals surface area contributed by atoms with Crippen LogP contribution < -0.4 is 10.2 Å². The lowest BCUT2D eigenvalue weighted by molar-refractivity contribution is 0.677. The Morgan fingerprint density at radius 3 is 2.50 bits per heavy atom. The number of thiazole rings is 1. The van der Waals surface area contributed by atoms with E-state index in [2.05, 4.69) is 28.3 Å². The summed E-state index contributed by atoms with van der Waals surface area (Å²) in [6, 6.07) is 0. The molecule has 0 atom stereocenters. The number of hydrogen-bond acceptors (Lipinski definition) is 4. The summed E-state index contributed by atoms with van der Waals surface area (Å²) in [6.45, 7) is 6.62. The van der Waals surface area contributed by atoms with Gasteiger partial charge in [-0.2, -0.15) is 0 Å². The monoisotopic (exact) mass is 265 g/mol. The molecule has 0 bridgehead atoms. The third-order valence-electron chi connectivity index (χ3n) is 3.71. The molecule has 0 saturated heterocycles. The molecule has 0 amide bonds. The van der Waals surface area contributed by atoms with Gasteiger partial charge >= 0.3 is 0 Å². The molecule has 2 aliphatic rings. The Bertz CT molecular complexity index is 368. The quantitative estimate of drug-likeness (QED) is 0.783. The fourth-order valence-electron chi connectivity index (χ4n) is 2.23. The smallest absolute Gasteiger partial charge is 0.185 e. The number of rotatable bonds is 8. The van der Waals surface area contributed by atoms with Crippen LogP contribution in [0.5, 0.6) is 0 Å². The minimum Gasteiger partial charge on any atom is -0.348 e. The Morgan fingerprint density at radius 1 is 1.28 bits per heavy atom. The zero-order valence-corrected chi connectivity index (χ0v) is 12.0. The molecular formula is C14H23N3S. The van der Waals surface area contributed by atoms with Gasteiger partial charge in [0.15, 0.2) is 5.13 Å². The van der Waals surface area contributed by atoms with Crippen molar-refractivity contribution in [3.8, 4) is 0 Å². The zero-order chi connectivity index (χ0) is 12.4. The standard InChI is InChI=1S/C14H23N3S/c1-2-15-7-13-8-16-14(18-13)17(9-11-3-4-11)10-12-5-6-12/h8,11-12,15H,2-7,9-10H2,1H3. The average molecular weight is 265 g/mol. The Labute approximate surface area is 114 Å². The maximum Gasteiger partial charge on any atom is 0.185 e. The number of nitrogens with one attached hydrogen (secondary N) is 1. The van der Waals surface area contributed by atoms with Crippen molar-refractivity contribution in [3.05, 3.63) is 11.1 Å². The molecule has 100 valence electrons.